The summed E-state index contributed by atoms with van der Waals surface area (Å²) in [6.45, 7) is 3.83. The molecule has 0 aliphatic heterocycles. The highest BCUT2D eigenvalue weighted by molar-refractivity contribution is 7.22. The van der Waals surface area contributed by atoms with Gasteiger partial charge >= 0.3 is 5.97 Å². The molecule has 3 heterocycles. The van der Waals surface area contributed by atoms with Crippen LogP contribution in [0.5, 0.6) is 0 Å². The molecule has 3 aliphatic carbocycles. The predicted octanol–water partition coefficient (Wildman–Crippen LogP) is 2.95. The third-order valence-corrected chi connectivity index (χ3v) is 7.77. The summed E-state index contributed by atoms with van der Waals surface area (Å²) in [6.07, 6.45) is 2.13. The first kappa shape index (κ1) is 20.5. The van der Waals surface area contributed by atoms with Crippen LogP contribution in [0.25, 0.3) is 15.7 Å². The van der Waals surface area contributed by atoms with Gasteiger partial charge in [-0.15, -0.1) is 11.3 Å². The molecule has 31 heavy (non-hydrogen) atoms. The lowest BCUT2D eigenvalue weighted by molar-refractivity contribution is -0.146. The highest BCUT2D eigenvalue weighted by Crippen LogP contribution is 2.55. The van der Waals surface area contributed by atoms with Gasteiger partial charge in [0.25, 0.3) is 5.56 Å². The smallest absolute Gasteiger partial charge is 0.309 e. The van der Waals surface area contributed by atoms with Crippen molar-refractivity contribution in [2.75, 3.05) is 7.11 Å². The van der Waals surface area contributed by atoms with Gasteiger partial charge in [0.15, 0.2) is 0 Å². The Morgan fingerprint density at radius 1 is 1.32 bits per heavy atom. The molecule has 6 rings (SSSR count). The van der Waals surface area contributed by atoms with E-state index in [4.69, 9.17) is 16.3 Å². The van der Waals surface area contributed by atoms with E-state index in [2.05, 4.69) is 10.4 Å². The molecule has 3 fully saturated rings. The van der Waals surface area contributed by atoms with E-state index in [0.717, 1.165) is 23.1 Å². The summed E-state index contributed by atoms with van der Waals surface area (Å²) < 4.78 is 9.52. The van der Waals surface area contributed by atoms with E-state index in [-0.39, 0.29) is 47.3 Å². The number of methoxy groups -OCH3 is 1. The first-order valence-electron chi connectivity index (χ1n) is 10.3. The van der Waals surface area contributed by atoms with Crippen LogP contribution in [0.1, 0.15) is 44.9 Å². The van der Waals surface area contributed by atoms with Crippen LogP contribution >= 0.6 is 22.9 Å². The molecule has 1 atom stereocenters. The Morgan fingerprint density at radius 2 is 2.06 bits per heavy atom. The lowest BCUT2D eigenvalue weighted by atomic mass is 9.76. The van der Waals surface area contributed by atoms with Crippen LogP contribution in [0.15, 0.2) is 16.9 Å². The van der Waals surface area contributed by atoms with E-state index < -0.39 is 0 Å². The zero-order valence-electron chi connectivity index (χ0n) is 17.5. The Kier molecular flexibility index (Phi) is 4.67. The second-order valence-electron chi connectivity index (χ2n) is 8.97. The number of amides is 1. The minimum atomic E-state index is -0.371. The van der Waals surface area contributed by atoms with Gasteiger partial charge < -0.3 is 10.1 Å². The molecule has 3 saturated carbocycles. The van der Waals surface area contributed by atoms with E-state index in [0.29, 0.717) is 22.1 Å². The van der Waals surface area contributed by atoms with Gasteiger partial charge in [0.05, 0.1) is 27.6 Å². The quantitative estimate of drug-likeness (QED) is 0.588. The topological polar surface area (TPSA) is 94.7 Å². The van der Waals surface area contributed by atoms with E-state index in [1.54, 1.807) is 0 Å². The first-order valence-corrected chi connectivity index (χ1v) is 11.5. The van der Waals surface area contributed by atoms with Crippen LogP contribution in [0.3, 0.4) is 0 Å². The molecule has 3 aromatic rings. The van der Waals surface area contributed by atoms with Crippen LogP contribution in [-0.2, 0) is 20.9 Å². The molecule has 0 aromatic carbocycles. The molecule has 3 aliphatic rings. The molecule has 1 amide bonds. The van der Waals surface area contributed by atoms with Gasteiger partial charge in [0, 0.05) is 11.5 Å². The highest BCUT2D eigenvalue weighted by atomic mass is 35.5. The maximum absolute atomic E-state index is 13.1. The van der Waals surface area contributed by atoms with Gasteiger partial charge in [0.1, 0.15) is 17.9 Å². The summed E-state index contributed by atoms with van der Waals surface area (Å²) in [5.74, 6) is 0.355. The fourth-order valence-electron chi connectivity index (χ4n) is 5.23. The fourth-order valence-corrected chi connectivity index (χ4v) is 6.39. The number of halogens is 1. The summed E-state index contributed by atoms with van der Waals surface area (Å²) in [5.41, 5.74) is 0.651. The second kappa shape index (κ2) is 7.06. The van der Waals surface area contributed by atoms with Crippen molar-refractivity contribution in [2.24, 2.45) is 11.8 Å². The number of thiophene rings is 1. The van der Waals surface area contributed by atoms with Gasteiger partial charge in [-0.25, -0.2) is 4.68 Å². The van der Waals surface area contributed by atoms with Gasteiger partial charge in [-0.1, -0.05) is 25.4 Å². The standard InChI is InChI=1S/C21H23ClN4O4S/c1-10(2)18-24-25(19(28)14-4-15-13(26(14)18)5-16(22)31-15)9-17(27)23-21-6-11(7-21)12(8-21)20(29)30-3/h4-5,10-12H,6-9H2,1-3H3,(H,23,27). The summed E-state index contributed by atoms with van der Waals surface area (Å²) in [7, 11) is 1.39. The van der Waals surface area contributed by atoms with E-state index in [9.17, 15) is 14.4 Å². The first-order chi connectivity index (χ1) is 14.7. The van der Waals surface area contributed by atoms with Crippen LogP contribution in [-0.4, -0.2) is 38.7 Å². The van der Waals surface area contributed by atoms with Crippen LogP contribution < -0.4 is 10.9 Å². The van der Waals surface area contributed by atoms with Crippen molar-refractivity contribution in [1.82, 2.24) is 19.5 Å². The molecular formula is C21H23ClN4O4S. The number of nitrogens with zero attached hydrogens (tertiary/aromatic N) is 3. The van der Waals surface area contributed by atoms with Gasteiger partial charge in [-0.05, 0) is 37.3 Å². The largest absolute Gasteiger partial charge is 0.469 e. The van der Waals surface area contributed by atoms with Crippen molar-refractivity contribution in [1.29, 1.82) is 0 Å². The average molecular weight is 463 g/mol. The number of aromatic nitrogens is 3. The molecule has 3 aromatic heterocycles. The minimum Gasteiger partial charge on any atom is -0.469 e. The molecule has 0 spiro atoms. The van der Waals surface area contributed by atoms with E-state index in [1.807, 2.05) is 30.4 Å². The number of nitrogens with one attached hydrogen (secondary N) is 1. The third kappa shape index (κ3) is 3.17. The van der Waals surface area contributed by atoms with E-state index in [1.165, 1.54) is 23.1 Å². The molecule has 0 saturated heterocycles. The SMILES string of the molecule is COC(=O)C1CC2(NC(=O)Cn3nc(C(C)C)n4c(cc5sc(Cl)cc54)c3=O)CC1C2. The molecule has 1 unspecified atom stereocenters. The Labute approximate surface area is 187 Å². The third-order valence-electron chi connectivity index (χ3n) is 6.57. The Morgan fingerprint density at radius 3 is 2.74 bits per heavy atom. The van der Waals surface area contributed by atoms with Crippen LogP contribution in [0, 0.1) is 11.8 Å². The number of esters is 1. The number of carbonyl (C=O) groups is 2. The molecule has 0 radical (unpaired) electrons. The number of fused-ring (bicyclic) bond motifs is 4. The van der Waals surface area contributed by atoms with Crippen molar-refractivity contribution < 1.29 is 14.3 Å². The monoisotopic (exact) mass is 462 g/mol. The maximum atomic E-state index is 13.1. The molecule has 8 nitrogen and oxygen atoms in total. The van der Waals surface area contributed by atoms with Crippen molar-refractivity contribution in [3.05, 3.63) is 32.6 Å². The number of hydrogen-bond acceptors (Lipinski definition) is 6. The number of ether oxygens (including phenoxy) is 1. The van der Waals surface area contributed by atoms with Gasteiger partial charge in [-0.3, -0.25) is 18.8 Å². The van der Waals surface area contributed by atoms with Crippen LogP contribution in [0.2, 0.25) is 4.34 Å². The summed E-state index contributed by atoms with van der Waals surface area (Å²) in [5, 5.41) is 7.59. The minimum absolute atomic E-state index is 0.0355. The summed E-state index contributed by atoms with van der Waals surface area (Å²) >= 11 is 7.56. The van der Waals surface area contributed by atoms with Crippen molar-refractivity contribution in [3.63, 3.8) is 0 Å². The van der Waals surface area contributed by atoms with Crippen LogP contribution in [0.4, 0.5) is 0 Å². The lowest BCUT2D eigenvalue weighted by Crippen LogP contribution is -2.53. The molecule has 164 valence electrons. The lowest BCUT2D eigenvalue weighted by Gasteiger charge is -2.39. The molecule has 1 N–H and O–H groups in total. The van der Waals surface area contributed by atoms with Gasteiger partial charge in [-0.2, -0.15) is 5.10 Å². The van der Waals surface area contributed by atoms with Crippen molar-refractivity contribution in [2.45, 2.75) is 51.1 Å². The summed E-state index contributed by atoms with van der Waals surface area (Å²) in [4.78, 5) is 37.9. The predicted molar refractivity (Wildman–Crippen MR) is 118 cm³/mol. The Balaban J connectivity index is 1.43. The molecule has 2 bridgehead atoms. The summed E-state index contributed by atoms with van der Waals surface area (Å²) in [6, 6.07) is 3.64. The van der Waals surface area contributed by atoms with Crippen molar-refractivity contribution >= 4 is 50.5 Å². The zero-order chi connectivity index (χ0) is 22.1. The molecular weight excluding hydrogens is 440 g/mol. The Bertz CT molecular complexity index is 1280. The van der Waals surface area contributed by atoms with Crippen molar-refractivity contribution in [3.8, 4) is 0 Å². The normalized spacial score (nSPS) is 24.7. The number of rotatable bonds is 5. The zero-order valence-corrected chi connectivity index (χ0v) is 19.0. The van der Waals surface area contributed by atoms with Gasteiger partial charge in [0.2, 0.25) is 5.91 Å². The average Bonchev–Trinajstić information content (AvgIpc) is 3.40. The molecule has 10 heteroatoms. The number of carbonyl (C=O) groups excluding carboxylic acids is 2. The van der Waals surface area contributed by atoms with E-state index >= 15 is 0 Å². The highest BCUT2D eigenvalue weighted by Gasteiger charge is 2.59. The Hall–Kier alpha value is -2.39. The maximum Gasteiger partial charge on any atom is 0.309 e. The second-order valence-corrected chi connectivity index (χ2v) is 10.7. The number of hydrogen-bond donors (Lipinski definition) is 1. The fraction of sp³-hybridized carbons (Fsp3) is 0.524.